The number of anilines is 1. The summed E-state index contributed by atoms with van der Waals surface area (Å²) >= 11 is 0. The molecule has 0 fully saturated rings. The standard InChI is InChI=1S/C18H24N2O5/c1-5-18(3,17(23)24-4)19-15(21)10-11-20-13-8-6-7-9-14(13)25-12(2)16(20)22/h6-9,12H,5,10-11H2,1-4H3,(H,19,21). The lowest BCUT2D eigenvalue weighted by Crippen LogP contribution is -2.53. The Morgan fingerprint density at radius 1 is 1.36 bits per heavy atom. The van der Waals surface area contributed by atoms with Crippen LogP contribution in [0.1, 0.15) is 33.6 Å². The van der Waals surface area contributed by atoms with E-state index in [1.54, 1.807) is 37.8 Å². The van der Waals surface area contributed by atoms with E-state index >= 15 is 0 Å². The minimum Gasteiger partial charge on any atom is -0.479 e. The summed E-state index contributed by atoms with van der Waals surface area (Å²) in [6.07, 6.45) is -0.129. The minimum atomic E-state index is -1.08. The fourth-order valence-corrected chi connectivity index (χ4v) is 2.68. The van der Waals surface area contributed by atoms with Gasteiger partial charge in [0.05, 0.1) is 12.8 Å². The molecule has 25 heavy (non-hydrogen) atoms. The van der Waals surface area contributed by atoms with Crippen molar-refractivity contribution in [1.82, 2.24) is 5.32 Å². The van der Waals surface area contributed by atoms with Gasteiger partial charge in [-0.2, -0.15) is 0 Å². The van der Waals surface area contributed by atoms with E-state index in [9.17, 15) is 14.4 Å². The Morgan fingerprint density at radius 3 is 2.68 bits per heavy atom. The Kier molecular flexibility index (Phi) is 5.66. The fourth-order valence-electron chi connectivity index (χ4n) is 2.68. The Morgan fingerprint density at radius 2 is 2.04 bits per heavy atom. The van der Waals surface area contributed by atoms with E-state index in [4.69, 9.17) is 9.47 Å². The van der Waals surface area contributed by atoms with E-state index in [0.717, 1.165) is 0 Å². The Labute approximate surface area is 147 Å². The van der Waals surface area contributed by atoms with E-state index in [1.807, 2.05) is 12.1 Å². The SMILES string of the molecule is CCC(C)(NC(=O)CCN1C(=O)C(C)Oc2ccccc21)C(=O)OC. The van der Waals surface area contributed by atoms with Crippen LogP contribution in [0.2, 0.25) is 0 Å². The molecule has 1 aromatic carbocycles. The van der Waals surface area contributed by atoms with Crippen LogP contribution in [0, 0.1) is 0 Å². The molecule has 2 atom stereocenters. The summed E-state index contributed by atoms with van der Waals surface area (Å²) < 4.78 is 10.3. The highest BCUT2D eigenvalue weighted by Crippen LogP contribution is 2.33. The van der Waals surface area contributed by atoms with Gasteiger partial charge in [-0.25, -0.2) is 4.79 Å². The zero-order chi connectivity index (χ0) is 18.6. The summed E-state index contributed by atoms with van der Waals surface area (Å²) in [5.41, 5.74) is -0.434. The lowest BCUT2D eigenvalue weighted by molar-refractivity contribution is -0.150. The van der Waals surface area contributed by atoms with Gasteiger partial charge in [0.15, 0.2) is 6.10 Å². The summed E-state index contributed by atoms with van der Waals surface area (Å²) in [5.74, 6) is -0.398. The molecule has 1 heterocycles. The third-order valence-corrected chi connectivity index (χ3v) is 4.39. The lowest BCUT2D eigenvalue weighted by atomic mass is 9.99. The molecule has 2 unspecified atom stereocenters. The molecule has 0 bridgehead atoms. The fraction of sp³-hybridized carbons (Fsp3) is 0.500. The summed E-state index contributed by atoms with van der Waals surface area (Å²) in [6, 6.07) is 7.21. The number of hydrogen-bond donors (Lipinski definition) is 1. The first-order valence-electron chi connectivity index (χ1n) is 8.29. The molecule has 0 spiro atoms. The largest absolute Gasteiger partial charge is 0.479 e. The first-order valence-corrected chi connectivity index (χ1v) is 8.29. The molecular formula is C18H24N2O5. The van der Waals surface area contributed by atoms with E-state index in [0.29, 0.717) is 17.9 Å². The Balaban J connectivity index is 2.06. The second kappa shape index (κ2) is 7.55. The molecule has 136 valence electrons. The zero-order valence-electron chi connectivity index (χ0n) is 15.0. The Bertz CT molecular complexity index is 675. The predicted octanol–water partition coefficient (Wildman–Crippen LogP) is 1.65. The summed E-state index contributed by atoms with van der Waals surface area (Å²) in [4.78, 5) is 38.1. The number of esters is 1. The smallest absolute Gasteiger partial charge is 0.331 e. The van der Waals surface area contributed by atoms with Crippen molar-refractivity contribution in [2.45, 2.75) is 45.3 Å². The first-order chi connectivity index (χ1) is 11.8. The topological polar surface area (TPSA) is 84.9 Å². The molecule has 7 heteroatoms. The highest BCUT2D eigenvalue weighted by atomic mass is 16.5. The van der Waals surface area contributed by atoms with E-state index in [1.165, 1.54) is 7.11 Å². The summed E-state index contributed by atoms with van der Waals surface area (Å²) in [6.45, 7) is 5.29. The van der Waals surface area contributed by atoms with Crippen LogP contribution in [-0.2, 0) is 19.1 Å². The van der Waals surface area contributed by atoms with Crippen LogP contribution in [0.5, 0.6) is 5.75 Å². The number of para-hydroxylation sites is 2. The van der Waals surface area contributed by atoms with Gasteiger partial charge < -0.3 is 19.7 Å². The van der Waals surface area contributed by atoms with E-state index in [2.05, 4.69) is 5.32 Å². The molecule has 1 N–H and O–H groups in total. The van der Waals surface area contributed by atoms with Gasteiger partial charge in [-0.1, -0.05) is 19.1 Å². The third-order valence-electron chi connectivity index (χ3n) is 4.39. The maximum atomic E-state index is 12.4. The monoisotopic (exact) mass is 348 g/mol. The normalized spacial score (nSPS) is 18.6. The molecule has 0 radical (unpaired) electrons. The van der Waals surface area contributed by atoms with Gasteiger partial charge in [0, 0.05) is 13.0 Å². The van der Waals surface area contributed by atoms with Crippen molar-refractivity contribution >= 4 is 23.5 Å². The predicted molar refractivity (Wildman–Crippen MR) is 92.4 cm³/mol. The number of carbonyl (C=O) groups is 3. The number of fused-ring (bicyclic) bond motifs is 1. The van der Waals surface area contributed by atoms with Crippen molar-refractivity contribution in [3.8, 4) is 5.75 Å². The van der Waals surface area contributed by atoms with E-state index in [-0.39, 0.29) is 24.8 Å². The zero-order valence-corrected chi connectivity index (χ0v) is 15.0. The van der Waals surface area contributed by atoms with Gasteiger partial charge in [0.1, 0.15) is 11.3 Å². The van der Waals surface area contributed by atoms with Crippen molar-refractivity contribution in [3.05, 3.63) is 24.3 Å². The van der Waals surface area contributed by atoms with Gasteiger partial charge in [-0.15, -0.1) is 0 Å². The summed E-state index contributed by atoms with van der Waals surface area (Å²) in [7, 11) is 1.28. The maximum absolute atomic E-state index is 12.4. The van der Waals surface area contributed by atoms with Crippen molar-refractivity contribution in [1.29, 1.82) is 0 Å². The van der Waals surface area contributed by atoms with Crippen LogP contribution in [-0.4, -0.2) is 43.1 Å². The molecule has 2 rings (SSSR count). The molecular weight excluding hydrogens is 324 g/mol. The highest BCUT2D eigenvalue weighted by molar-refractivity contribution is 6.00. The average molecular weight is 348 g/mol. The number of hydrogen-bond acceptors (Lipinski definition) is 5. The number of rotatable bonds is 6. The average Bonchev–Trinajstić information content (AvgIpc) is 2.61. The number of nitrogens with one attached hydrogen (secondary N) is 1. The second-order valence-electron chi connectivity index (χ2n) is 6.19. The van der Waals surface area contributed by atoms with Crippen molar-refractivity contribution in [3.63, 3.8) is 0 Å². The van der Waals surface area contributed by atoms with Crippen LogP contribution < -0.4 is 15.0 Å². The molecule has 1 aliphatic rings. The van der Waals surface area contributed by atoms with Crippen LogP contribution in [0.15, 0.2) is 24.3 Å². The molecule has 2 amide bonds. The number of amides is 2. The van der Waals surface area contributed by atoms with Crippen LogP contribution >= 0.6 is 0 Å². The molecule has 1 aliphatic heterocycles. The number of benzene rings is 1. The lowest BCUT2D eigenvalue weighted by Gasteiger charge is -2.33. The molecule has 7 nitrogen and oxygen atoms in total. The van der Waals surface area contributed by atoms with Crippen LogP contribution in [0.3, 0.4) is 0 Å². The highest BCUT2D eigenvalue weighted by Gasteiger charge is 2.35. The second-order valence-corrected chi connectivity index (χ2v) is 6.19. The first kappa shape index (κ1) is 18.8. The number of nitrogens with zero attached hydrogens (tertiary/aromatic N) is 1. The van der Waals surface area contributed by atoms with Crippen LogP contribution in [0.4, 0.5) is 5.69 Å². The van der Waals surface area contributed by atoms with Crippen molar-refractivity contribution < 1.29 is 23.9 Å². The third kappa shape index (κ3) is 3.92. The van der Waals surface area contributed by atoms with Crippen molar-refractivity contribution in [2.75, 3.05) is 18.6 Å². The maximum Gasteiger partial charge on any atom is 0.331 e. The molecule has 0 aliphatic carbocycles. The van der Waals surface area contributed by atoms with Gasteiger partial charge in [0.2, 0.25) is 5.91 Å². The molecule has 0 saturated heterocycles. The quantitative estimate of drug-likeness (QED) is 0.790. The molecule has 1 aromatic rings. The van der Waals surface area contributed by atoms with Gasteiger partial charge in [-0.05, 0) is 32.4 Å². The Hall–Kier alpha value is -2.57. The van der Waals surface area contributed by atoms with Gasteiger partial charge in [0.25, 0.3) is 5.91 Å². The van der Waals surface area contributed by atoms with E-state index < -0.39 is 17.6 Å². The number of carbonyl (C=O) groups excluding carboxylic acids is 3. The number of methoxy groups -OCH3 is 1. The molecule has 0 aromatic heterocycles. The number of ether oxygens (including phenoxy) is 2. The van der Waals surface area contributed by atoms with Crippen LogP contribution in [0.25, 0.3) is 0 Å². The van der Waals surface area contributed by atoms with Crippen molar-refractivity contribution in [2.24, 2.45) is 0 Å². The van der Waals surface area contributed by atoms with Gasteiger partial charge >= 0.3 is 5.97 Å². The summed E-state index contributed by atoms with van der Waals surface area (Å²) in [5, 5.41) is 2.70. The minimum absolute atomic E-state index is 0.0688. The molecule has 0 saturated carbocycles. The van der Waals surface area contributed by atoms with Gasteiger partial charge in [-0.3, -0.25) is 9.59 Å².